The number of halogens is 2. The number of nitrogens with zero attached hydrogens (tertiary/aromatic N) is 1. The molecule has 5 heteroatoms. The van der Waals surface area contributed by atoms with Crippen molar-refractivity contribution in [3.63, 3.8) is 0 Å². The lowest BCUT2D eigenvalue weighted by Gasteiger charge is -2.11. The van der Waals surface area contributed by atoms with Gasteiger partial charge in [0.15, 0.2) is 0 Å². The molecule has 0 saturated heterocycles. The van der Waals surface area contributed by atoms with Crippen molar-refractivity contribution in [2.75, 3.05) is 0 Å². The highest BCUT2D eigenvalue weighted by Gasteiger charge is 2.09. The van der Waals surface area contributed by atoms with Crippen LogP contribution in [0.15, 0.2) is 39.8 Å². The molecule has 0 spiro atoms. The van der Waals surface area contributed by atoms with Gasteiger partial charge in [-0.3, -0.25) is 4.99 Å². The molecule has 0 aliphatic rings. The first kappa shape index (κ1) is 17.8. The fourth-order valence-electron chi connectivity index (χ4n) is 2.37. The van der Waals surface area contributed by atoms with Crippen molar-refractivity contribution in [2.24, 2.45) is 4.99 Å². The fourth-order valence-corrected chi connectivity index (χ4v) is 3.21. The number of phenols is 2. The van der Waals surface area contributed by atoms with Crippen LogP contribution in [0.3, 0.4) is 0 Å². The lowest BCUT2D eigenvalue weighted by Crippen LogP contribution is -1.92. The third-order valence-corrected chi connectivity index (χ3v) is 4.44. The van der Waals surface area contributed by atoms with Gasteiger partial charge < -0.3 is 10.2 Å². The maximum atomic E-state index is 9.99. The Bertz CT molecular complexity index is 731. The molecule has 0 aliphatic heterocycles. The van der Waals surface area contributed by atoms with Crippen LogP contribution in [0.1, 0.15) is 43.7 Å². The summed E-state index contributed by atoms with van der Waals surface area (Å²) < 4.78 is 0.747. The van der Waals surface area contributed by atoms with Gasteiger partial charge in [-0.1, -0.05) is 53.9 Å². The van der Waals surface area contributed by atoms with E-state index < -0.39 is 0 Å². The standard InChI is InChI=1S/C18H19BrClNO2/c1-3-4-11(2)12-5-6-17(22)16(8-12)21-10-13-7-14(19)9-15(20)18(13)23/h5-11,22-23H,3-4H2,1-2H3/t11-/m0/s1. The Morgan fingerprint density at radius 3 is 2.70 bits per heavy atom. The van der Waals surface area contributed by atoms with Gasteiger partial charge in [0.05, 0.1) is 5.02 Å². The molecule has 122 valence electrons. The number of phenolic OH excluding ortho intramolecular Hbond substituents is 2. The third-order valence-electron chi connectivity index (χ3n) is 3.69. The summed E-state index contributed by atoms with van der Waals surface area (Å²) in [7, 11) is 0. The summed E-state index contributed by atoms with van der Waals surface area (Å²) in [5.41, 5.74) is 2.09. The Morgan fingerprint density at radius 2 is 2.00 bits per heavy atom. The molecular weight excluding hydrogens is 378 g/mol. The first-order valence-corrected chi connectivity index (χ1v) is 8.64. The second-order valence-electron chi connectivity index (χ2n) is 5.52. The lowest BCUT2D eigenvalue weighted by atomic mass is 9.96. The smallest absolute Gasteiger partial charge is 0.143 e. The van der Waals surface area contributed by atoms with Crippen molar-refractivity contribution in [3.8, 4) is 11.5 Å². The van der Waals surface area contributed by atoms with Gasteiger partial charge in [-0.15, -0.1) is 0 Å². The molecular formula is C18H19BrClNO2. The van der Waals surface area contributed by atoms with Gasteiger partial charge in [-0.2, -0.15) is 0 Å². The van der Waals surface area contributed by atoms with Crippen molar-refractivity contribution in [2.45, 2.75) is 32.6 Å². The van der Waals surface area contributed by atoms with Gasteiger partial charge in [-0.25, -0.2) is 0 Å². The van der Waals surface area contributed by atoms with Crippen molar-refractivity contribution in [1.82, 2.24) is 0 Å². The summed E-state index contributed by atoms with van der Waals surface area (Å²) in [5, 5.41) is 20.2. The summed E-state index contributed by atoms with van der Waals surface area (Å²) in [6.07, 6.45) is 3.68. The van der Waals surface area contributed by atoms with Crippen LogP contribution in [0.2, 0.25) is 5.02 Å². The van der Waals surface area contributed by atoms with Crippen LogP contribution >= 0.6 is 27.5 Å². The summed E-state index contributed by atoms with van der Waals surface area (Å²) >= 11 is 9.27. The highest BCUT2D eigenvalue weighted by molar-refractivity contribution is 9.10. The van der Waals surface area contributed by atoms with E-state index >= 15 is 0 Å². The second kappa shape index (κ2) is 7.84. The normalized spacial score (nSPS) is 12.7. The SMILES string of the molecule is CCC[C@H](C)c1ccc(O)c(N=Cc2cc(Br)cc(Cl)c2O)c1. The molecule has 0 bridgehead atoms. The predicted octanol–water partition coefficient (Wildman–Crippen LogP) is 6.17. The molecule has 2 aromatic rings. The van der Waals surface area contributed by atoms with Crippen LogP contribution in [-0.4, -0.2) is 16.4 Å². The first-order valence-electron chi connectivity index (χ1n) is 7.47. The van der Waals surface area contributed by atoms with Gasteiger partial charge in [0.1, 0.15) is 17.2 Å². The Hall–Kier alpha value is -1.52. The zero-order valence-corrected chi connectivity index (χ0v) is 15.4. The number of aromatic hydroxyl groups is 2. The summed E-state index contributed by atoms with van der Waals surface area (Å²) in [4.78, 5) is 4.31. The monoisotopic (exact) mass is 395 g/mol. The van der Waals surface area contributed by atoms with Crippen LogP contribution in [0, 0.1) is 0 Å². The van der Waals surface area contributed by atoms with Crippen LogP contribution in [-0.2, 0) is 0 Å². The molecule has 0 aromatic heterocycles. The molecule has 0 unspecified atom stereocenters. The van der Waals surface area contributed by atoms with Crippen molar-refractivity contribution in [3.05, 3.63) is 51.0 Å². The van der Waals surface area contributed by atoms with Crippen LogP contribution in [0.25, 0.3) is 0 Å². The second-order valence-corrected chi connectivity index (χ2v) is 6.84. The average molecular weight is 397 g/mol. The number of benzene rings is 2. The summed E-state index contributed by atoms with van der Waals surface area (Å²) in [5.74, 6) is 0.478. The number of rotatable bonds is 5. The van der Waals surface area contributed by atoms with E-state index in [2.05, 4.69) is 34.8 Å². The van der Waals surface area contributed by atoms with E-state index in [1.54, 1.807) is 18.2 Å². The van der Waals surface area contributed by atoms with Crippen LogP contribution in [0.4, 0.5) is 5.69 Å². The maximum Gasteiger partial charge on any atom is 0.143 e. The maximum absolute atomic E-state index is 9.99. The molecule has 1 atom stereocenters. The Labute approximate surface area is 149 Å². The van der Waals surface area contributed by atoms with E-state index in [9.17, 15) is 10.2 Å². The molecule has 0 aliphatic carbocycles. The molecule has 2 N–H and O–H groups in total. The minimum Gasteiger partial charge on any atom is -0.506 e. The topological polar surface area (TPSA) is 52.8 Å². The van der Waals surface area contributed by atoms with Crippen molar-refractivity contribution < 1.29 is 10.2 Å². The molecule has 0 amide bonds. The van der Waals surface area contributed by atoms with Gasteiger partial charge in [-0.05, 0) is 42.2 Å². The molecule has 3 nitrogen and oxygen atoms in total. The number of hydrogen-bond donors (Lipinski definition) is 2. The Balaban J connectivity index is 2.34. The molecule has 0 radical (unpaired) electrons. The predicted molar refractivity (Wildman–Crippen MR) is 99.5 cm³/mol. The molecule has 23 heavy (non-hydrogen) atoms. The number of hydrogen-bond acceptors (Lipinski definition) is 3. The van der Waals surface area contributed by atoms with Crippen molar-refractivity contribution >= 4 is 39.4 Å². The quantitative estimate of drug-likeness (QED) is 0.594. The molecule has 0 fully saturated rings. The van der Waals surface area contributed by atoms with E-state index in [1.807, 2.05) is 12.1 Å². The van der Waals surface area contributed by atoms with E-state index in [0.717, 1.165) is 22.9 Å². The van der Waals surface area contributed by atoms with Crippen LogP contribution < -0.4 is 0 Å². The van der Waals surface area contributed by atoms with Gasteiger partial charge in [0.25, 0.3) is 0 Å². The molecule has 0 saturated carbocycles. The van der Waals surface area contributed by atoms with Gasteiger partial charge in [0, 0.05) is 16.3 Å². The Kier molecular flexibility index (Phi) is 6.08. The van der Waals surface area contributed by atoms with E-state index in [-0.39, 0.29) is 16.5 Å². The van der Waals surface area contributed by atoms with Crippen LogP contribution in [0.5, 0.6) is 11.5 Å². The van der Waals surface area contributed by atoms with Gasteiger partial charge in [0.2, 0.25) is 0 Å². The highest BCUT2D eigenvalue weighted by atomic mass is 79.9. The van der Waals surface area contributed by atoms with Gasteiger partial charge >= 0.3 is 0 Å². The highest BCUT2D eigenvalue weighted by Crippen LogP contribution is 2.33. The summed E-state index contributed by atoms with van der Waals surface area (Å²) in [6, 6.07) is 8.77. The first-order chi connectivity index (χ1) is 10.9. The van der Waals surface area contributed by atoms with E-state index in [4.69, 9.17) is 11.6 Å². The molecule has 2 rings (SSSR count). The zero-order valence-electron chi connectivity index (χ0n) is 13.1. The minimum absolute atomic E-state index is 0.0337. The molecule has 0 heterocycles. The zero-order chi connectivity index (χ0) is 17.0. The van der Waals surface area contributed by atoms with Crippen molar-refractivity contribution in [1.29, 1.82) is 0 Å². The summed E-state index contributed by atoms with van der Waals surface area (Å²) in [6.45, 7) is 4.30. The molecule has 2 aromatic carbocycles. The Morgan fingerprint density at radius 1 is 1.26 bits per heavy atom. The van der Waals surface area contributed by atoms with E-state index in [0.29, 0.717) is 17.2 Å². The minimum atomic E-state index is -0.0337. The lowest BCUT2D eigenvalue weighted by molar-refractivity contribution is 0.474. The van der Waals surface area contributed by atoms with E-state index in [1.165, 1.54) is 6.21 Å². The largest absolute Gasteiger partial charge is 0.506 e. The third kappa shape index (κ3) is 4.49. The fraction of sp³-hybridized carbons (Fsp3) is 0.278. The average Bonchev–Trinajstić information content (AvgIpc) is 2.51. The number of aliphatic imine (C=N–C) groups is 1.